The van der Waals surface area contributed by atoms with E-state index in [4.69, 9.17) is 0 Å². The van der Waals surface area contributed by atoms with Gasteiger partial charge in [-0.05, 0) is 85.9 Å². The highest BCUT2D eigenvalue weighted by molar-refractivity contribution is 8.14. The molecule has 0 bridgehead atoms. The summed E-state index contributed by atoms with van der Waals surface area (Å²) in [6.07, 6.45) is -0.584. The van der Waals surface area contributed by atoms with Crippen LogP contribution in [0.4, 0.5) is 28.0 Å². The second-order valence-electron chi connectivity index (χ2n) is 11.0. The van der Waals surface area contributed by atoms with Gasteiger partial charge in [0.2, 0.25) is 0 Å². The number of alkyl halides is 3. The lowest BCUT2D eigenvalue weighted by atomic mass is 9.99. The highest BCUT2D eigenvalue weighted by Crippen LogP contribution is 2.35. The number of aromatic nitrogens is 3. The van der Waals surface area contributed by atoms with E-state index in [1.54, 1.807) is 19.1 Å². The minimum Gasteiger partial charge on any atom is -0.406 e. The number of hydrogen-bond acceptors (Lipinski definition) is 5. The number of carbonyl (C=O) groups is 1. The Hall–Kier alpha value is -4.65. The number of allylic oxidation sites excluding steroid dienone is 1. The summed E-state index contributed by atoms with van der Waals surface area (Å²) in [5.41, 5.74) is 4.37. The third kappa shape index (κ3) is 8.13. The molecular formula is C33H32F4N6O2S. The topological polar surface area (TPSA) is 84.6 Å². The van der Waals surface area contributed by atoms with Crippen LogP contribution >= 0.6 is 11.8 Å². The summed E-state index contributed by atoms with van der Waals surface area (Å²) in [6.45, 7) is 7.86. The van der Waals surface area contributed by atoms with Crippen molar-refractivity contribution < 1.29 is 27.1 Å². The average molecular weight is 653 g/mol. The predicted octanol–water partition coefficient (Wildman–Crippen LogP) is 8.55. The summed E-state index contributed by atoms with van der Waals surface area (Å²) in [5.74, 6) is 0.712. The Morgan fingerprint density at radius 3 is 2.50 bits per heavy atom. The molecule has 0 aliphatic carbocycles. The molecule has 1 fully saturated rings. The first kappa shape index (κ1) is 32.7. The van der Waals surface area contributed by atoms with Gasteiger partial charge in [0.25, 0.3) is 0 Å². The van der Waals surface area contributed by atoms with Crippen LogP contribution in [0, 0.1) is 5.82 Å². The van der Waals surface area contributed by atoms with Gasteiger partial charge in [-0.3, -0.25) is 0 Å². The number of nitrogens with one attached hydrogen (secondary N) is 1. The van der Waals surface area contributed by atoms with Crippen LogP contribution in [0.5, 0.6) is 5.75 Å². The quantitative estimate of drug-likeness (QED) is 0.202. The largest absolute Gasteiger partial charge is 0.573 e. The maximum atomic E-state index is 14.1. The van der Waals surface area contributed by atoms with E-state index in [0.29, 0.717) is 22.4 Å². The first-order chi connectivity index (χ1) is 21.9. The molecule has 4 aromatic rings. The first-order valence-electron chi connectivity index (χ1n) is 14.5. The maximum absolute atomic E-state index is 14.1. The molecule has 2 amide bonds. The highest BCUT2D eigenvalue weighted by atomic mass is 32.2. The average Bonchev–Trinajstić information content (AvgIpc) is 3.48. The maximum Gasteiger partial charge on any atom is 0.573 e. The summed E-state index contributed by atoms with van der Waals surface area (Å²) in [5, 5.41) is 7.82. The van der Waals surface area contributed by atoms with E-state index in [1.807, 2.05) is 49.1 Å². The number of amidine groups is 1. The smallest absolute Gasteiger partial charge is 0.406 e. The summed E-state index contributed by atoms with van der Waals surface area (Å²) < 4.78 is 56.7. The summed E-state index contributed by atoms with van der Waals surface area (Å²) >= 11 is 1.50. The Morgan fingerprint density at radius 2 is 1.83 bits per heavy atom. The molecule has 1 aliphatic rings. The van der Waals surface area contributed by atoms with Gasteiger partial charge < -0.3 is 15.0 Å². The third-order valence-electron chi connectivity index (χ3n) is 7.16. The molecule has 5 rings (SSSR count). The lowest BCUT2D eigenvalue weighted by Gasteiger charge is -2.37. The van der Waals surface area contributed by atoms with Gasteiger partial charge in [-0.15, -0.1) is 18.3 Å². The molecule has 3 aromatic carbocycles. The number of anilines is 1. The van der Waals surface area contributed by atoms with Crippen LogP contribution in [-0.2, 0) is 0 Å². The number of nitrogens with zero attached hydrogens (tertiary/aromatic N) is 5. The van der Waals surface area contributed by atoms with Gasteiger partial charge in [0.15, 0.2) is 11.0 Å². The standard InChI is InChI=1S/C33H32F4N6O2S/c1-20(2)28-18-25(34)9-14-29(28)43-22(4)15-16-46-32(43)40-31(44)39-21(3)17-23-5-7-24(8-6-23)30-38-19-42(41-30)26-10-12-27(13-11-26)45-33(35,36)37/h5-14,17-20,22H,15-16H2,1-4H3,(H,39,44)/b21-17+,40-32-. The molecule has 8 nitrogen and oxygen atoms in total. The molecule has 1 aliphatic heterocycles. The van der Waals surface area contributed by atoms with Crippen molar-refractivity contribution in [2.24, 2.45) is 4.99 Å². The number of halogens is 4. The third-order valence-corrected chi connectivity index (χ3v) is 8.15. The first-order valence-corrected chi connectivity index (χ1v) is 15.5. The zero-order valence-electron chi connectivity index (χ0n) is 25.5. The van der Waals surface area contributed by atoms with Crippen LogP contribution in [0.3, 0.4) is 0 Å². The molecule has 0 radical (unpaired) electrons. The molecule has 1 atom stereocenters. The number of thioether (sulfide) groups is 1. The molecule has 46 heavy (non-hydrogen) atoms. The van der Waals surface area contributed by atoms with Crippen LogP contribution in [0.25, 0.3) is 23.2 Å². The van der Waals surface area contributed by atoms with Crippen LogP contribution < -0.4 is 15.0 Å². The molecule has 2 heterocycles. The minimum atomic E-state index is -4.76. The van der Waals surface area contributed by atoms with Gasteiger partial charge in [-0.25, -0.2) is 18.9 Å². The summed E-state index contributed by atoms with van der Waals surface area (Å²) in [6, 6.07) is 17.0. The number of rotatable bonds is 7. The Labute approximate surface area is 268 Å². The van der Waals surface area contributed by atoms with Crippen molar-refractivity contribution in [3.8, 4) is 22.8 Å². The molecule has 0 spiro atoms. The number of ether oxygens (including phenoxy) is 1. The molecule has 13 heteroatoms. The molecule has 1 aromatic heterocycles. The van der Waals surface area contributed by atoms with E-state index in [0.717, 1.165) is 34.6 Å². The van der Waals surface area contributed by atoms with E-state index in [9.17, 15) is 22.4 Å². The van der Waals surface area contributed by atoms with Crippen molar-refractivity contribution in [2.75, 3.05) is 10.7 Å². The van der Waals surface area contributed by atoms with Crippen LogP contribution in [0.2, 0.25) is 0 Å². The molecule has 240 valence electrons. The number of hydrogen-bond donors (Lipinski definition) is 1. The Morgan fingerprint density at radius 1 is 1.11 bits per heavy atom. The van der Waals surface area contributed by atoms with Gasteiger partial charge in [0.1, 0.15) is 17.9 Å². The number of aliphatic imine (C=N–C) groups is 1. The van der Waals surface area contributed by atoms with Crippen LogP contribution in [0.1, 0.15) is 51.2 Å². The number of benzene rings is 3. The van der Waals surface area contributed by atoms with Crippen molar-refractivity contribution in [2.45, 2.75) is 52.4 Å². The minimum absolute atomic E-state index is 0.0882. The molecular weight excluding hydrogens is 620 g/mol. The SMILES string of the molecule is C/C(=C\c1ccc(-c2ncn(-c3ccc(OC(F)(F)F)cc3)n2)cc1)NC(=O)/N=C1\SCCC(C)N1c1ccc(F)cc1C(C)C. The fourth-order valence-corrected chi connectivity index (χ4v) is 6.17. The summed E-state index contributed by atoms with van der Waals surface area (Å²) in [7, 11) is 0. The van der Waals surface area contributed by atoms with E-state index in [-0.39, 0.29) is 23.5 Å². The molecule has 1 unspecified atom stereocenters. The second-order valence-corrected chi connectivity index (χ2v) is 12.1. The lowest BCUT2D eigenvalue weighted by molar-refractivity contribution is -0.274. The van der Waals surface area contributed by atoms with Gasteiger partial charge in [-0.1, -0.05) is 49.9 Å². The van der Waals surface area contributed by atoms with Crippen LogP contribution in [-0.4, -0.2) is 44.1 Å². The lowest BCUT2D eigenvalue weighted by Crippen LogP contribution is -2.42. The van der Waals surface area contributed by atoms with Crippen molar-refractivity contribution in [1.82, 2.24) is 20.1 Å². The van der Waals surface area contributed by atoms with E-state index in [2.05, 4.69) is 32.1 Å². The second kappa shape index (κ2) is 13.8. The van der Waals surface area contributed by atoms with E-state index < -0.39 is 12.4 Å². The predicted molar refractivity (Wildman–Crippen MR) is 173 cm³/mol. The molecule has 1 N–H and O–H groups in total. The Kier molecular flexibility index (Phi) is 9.80. The normalized spacial score (nSPS) is 16.6. The van der Waals surface area contributed by atoms with Crippen molar-refractivity contribution in [1.29, 1.82) is 0 Å². The van der Waals surface area contributed by atoms with Crippen molar-refractivity contribution >= 4 is 34.7 Å². The zero-order valence-corrected chi connectivity index (χ0v) is 26.4. The monoisotopic (exact) mass is 652 g/mol. The Bertz CT molecular complexity index is 1750. The number of carbonyl (C=O) groups excluding carboxylic acids is 1. The zero-order chi connectivity index (χ0) is 33.0. The van der Waals surface area contributed by atoms with Gasteiger partial charge in [0, 0.05) is 28.7 Å². The molecule has 0 saturated carbocycles. The fraction of sp³-hybridized carbons (Fsp3) is 0.273. The van der Waals surface area contributed by atoms with Crippen molar-refractivity contribution in [3.63, 3.8) is 0 Å². The highest BCUT2D eigenvalue weighted by Gasteiger charge is 2.31. The van der Waals surface area contributed by atoms with Gasteiger partial charge >= 0.3 is 12.4 Å². The van der Waals surface area contributed by atoms with E-state index >= 15 is 0 Å². The molecule has 1 saturated heterocycles. The number of urea groups is 1. The van der Waals surface area contributed by atoms with Crippen molar-refractivity contribution in [3.05, 3.63) is 95.7 Å². The number of amides is 2. The fourth-order valence-electron chi connectivity index (χ4n) is 4.96. The summed E-state index contributed by atoms with van der Waals surface area (Å²) in [4.78, 5) is 23.7. The van der Waals surface area contributed by atoms with E-state index in [1.165, 1.54) is 53.1 Å². The van der Waals surface area contributed by atoms with Gasteiger partial charge in [-0.2, -0.15) is 4.99 Å². The van der Waals surface area contributed by atoms with Gasteiger partial charge in [0.05, 0.1) is 5.69 Å². The Balaban J connectivity index is 1.26. The van der Waals surface area contributed by atoms with Crippen LogP contribution in [0.15, 0.2) is 83.7 Å².